The van der Waals surface area contributed by atoms with Gasteiger partial charge in [0.05, 0.1) is 0 Å². The number of hydrogen-bond acceptors (Lipinski definition) is 3. The molecule has 0 radical (unpaired) electrons. The number of aliphatic hydroxyl groups is 1. The molecule has 0 saturated carbocycles. The summed E-state index contributed by atoms with van der Waals surface area (Å²) in [6, 6.07) is 18.7. The molecule has 2 aromatic carbocycles. The average Bonchev–Trinajstić information content (AvgIpc) is 2.67. The Morgan fingerprint density at radius 3 is 2.04 bits per heavy atom. The molecule has 0 saturated heterocycles. The Hall–Kier alpha value is -2.57. The normalized spacial score (nSPS) is 12.0. The van der Waals surface area contributed by atoms with E-state index in [0.717, 1.165) is 19.3 Å². The zero-order valence-electron chi connectivity index (χ0n) is 15.4. The van der Waals surface area contributed by atoms with Crippen LogP contribution in [0.1, 0.15) is 50.7 Å². The highest BCUT2D eigenvalue weighted by molar-refractivity contribution is 5.66. The molecule has 0 aliphatic carbocycles. The predicted molar refractivity (Wildman–Crippen MR) is 103 cm³/mol. The van der Waals surface area contributed by atoms with E-state index >= 15 is 0 Å². The van der Waals surface area contributed by atoms with Gasteiger partial charge in [-0.15, -0.1) is 0 Å². The van der Waals surface area contributed by atoms with Crippen molar-refractivity contribution in [2.45, 2.75) is 51.2 Å². The van der Waals surface area contributed by atoms with Crippen LogP contribution in [0, 0.1) is 11.8 Å². The van der Waals surface area contributed by atoms with Crippen molar-refractivity contribution in [2.75, 3.05) is 0 Å². The van der Waals surface area contributed by atoms with Gasteiger partial charge in [0, 0.05) is 18.1 Å². The third-order valence-electron chi connectivity index (χ3n) is 4.18. The molecule has 1 unspecified atom stereocenters. The summed E-state index contributed by atoms with van der Waals surface area (Å²) in [5.41, 5.74) is -0.0752. The number of hydrogen-bond donors (Lipinski definition) is 1. The maximum absolute atomic E-state index is 11.4. The van der Waals surface area contributed by atoms with Crippen LogP contribution in [0.2, 0.25) is 0 Å². The monoisotopic (exact) mass is 350 g/mol. The van der Waals surface area contributed by atoms with Gasteiger partial charge in [-0.1, -0.05) is 92.3 Å². The summed E-state index contributed by atoms with van der Waals surface area (Å²) in [6.07, 6.45) is 3.22. The van der Waals surface area contributed by atoms with Crippen LogP contribution in [0.4, 0.5) is 0 Å². The number of rotatable bonds is 7. The molecule has 2 aromatic rings. The van der Waals surface area contributed by atoms with Gasteiger partial charge in [0.1, 0.15) is 0 Å². The van der Waals surface area contributed by atoms with Crippen molar-refractivity contribution in [1.29, 1.82) is 0 Å². The van der Waals surface area contributed by atoms with E-state index in [2.05, 4.69) is 18.8 Å². The molecule has 1 atom stereocenters. The second-order valence-electron chi connectivity index (χ2n) is 6.31. The molecule has 0 aliphatic heterocycles. The Morgan fingerprint density at radius 1 is 1.04 bits per heavy atom. The maximum atomic E-state index is 11.4. The molecule has 0 amide bonds. The Morgan fingerprint density at radius 2 is 1.58 bits per heavy atom. The van der Waals surface area contributed by atoms with Crippen LogP contribution in [0.25, 0.3) is 0 Å². The summed E-state index contributed by atoms with van der Waals surface area (Å²) in [5, 5.41) is 11.4. The standard InChI is InChI=1S/C23H26O3/c1-3-4-7-16-22(26-19(2)24)17-18-23(25,20-12-8-5-9-13-20)21-14-10-6-11-15-21/h5-6,8-15,22,25H,3-4,7,16H2,1-2H3. The van der Waals surface area contributed by atoms with E-state index in [9.17, 15) is 9.90 Å². The molecule has 0 fully saturated rings. The van der Waals surface area contributed by atoms with Crippen LogP contribution in [0.15, 0.2) is 60.7 Å². The fraction of sp³-hybridized carbons (Fsp3) is 0.348. The van der Waals surface area contributed by atoms with E-state index in [4.69, 9.17) is 4.74 Å². The first-order valence-electron chi connectivity index (χ1n) is 9.09. The van der Waals surface area contributed by atoms with Crippen LogP contribution in [0.5, 0.6) is 0 Å². The highest BCUT2D eigenvalue weighted by atomic mass is 16.5. The molecular weight excluding hydrogens is 324 g/mol. The van der Waals surface area contributed by atoms with Crippen molar-refractivity contribution in [3.8, 4) is 11.8 Å². The quantitative estimate of drug-likeness (QED) is 0.456. The topological polar surface area (TPSA) is 46.5 Å². The molecule has 0 aliphatic rings. The van der Waals surface area contributed by atoms with Crippen LogP contribution < -0.4 is 0 Å². The first-order valence-corrected chi connectivity index (χ1v) is 9.09. The molecule has 3 nitrogen and oxygen atoms in total. The van der Waals surface area contributed by atoms with Gasteiger partial charge in [-0.2, -0.15) is 0 Å². The van der Waals surface area contributed by atoms with Gasteiger partial charge in [0.2, 0.25) is 0 Å². The van der Waals surface area contributed by atoms with Gasteiger partial charge in [-0.05, 0) is 12.8 Å². The number of benzene rings is 2. The lowest BCUT2D eigenvalue weighted by Crippen LogP contribution is -2.26. The molecule has 136 valence electrons. The van der Waals surface area contributed by atoms with Crippen molar-refractivity contribution in [1.82, 2.24) is 0 Å². The summed E-state index contributed by atoms with van der Waals surface area (Å²) in [5.74, 6) is 5.64. The molecule has 3 heteroatoms. The third-order valence-corrected chi connectivity index (χ3v) is 4.18. The lowest BCUT2D eigenvalue weighted by molar-refractivity contribution is -0.144. The highest BCUT2D eigenvalue weighted by Gasteiger charge is 2.29. The summed E-state index contributed by atoms with van der Waals surface area (Å²) in [6.45, 7) is 3.51. The minimum Gasteiger partial charge on any atom is -0.449 e. The first kappa shape index (κ1) is 19.8. The highest BCUT2D eigenvalue weighted by Crippen LogP contribution is 2.29. The number of ether oxygens (including phenoxy) is 1. The zero-order chi connectivity index (χ0) is 18.8. The second kappa shape index (κ2) is 9.79. The van der Waals surface area contributed by atoms with E-state index in [0.29, 0.717) is 17.5 Å². The van der Waals surface area contributed by atoms with E-state index in [1.165, 1.54) is 6.92 Å². The Kier molecular flexibility index (Phi) is 7.44. The summed E-state index contributed by atoms with van der Waals surface area (Å²) in [4.78, 5) is 11.4. The number of unbranched alkanes of at least 4 members (excludes halogenated alkanes) is 2. The first-order chi connectivity index (χ1) is 12.6. The average molecular weight is 350 g/mol. The third kappa shape index (κ3) is 5.47. The lowest BCUT2D eigenvalue weighted by atomic mass is 9.86. The molecule has 0 aromatic heterocycles. The molecule has 0 bridgehead atoms. The lowest BCUT2D eigenvalue weighted by Gasteiger charge is -2.24. The van der Waals surface area contributed by atoms with E-state index in [1.54, 1.807) is 0 Å². The van der Waals surface area contributed by atoms with Crippen LogP contribution in [-0.2, 0) is 15.1 Å². The Bertz CT molecular complexity index is 702. The molecule has 0 spiro atoms. The summed E-state index contributed by atoms with van der Waals surface area (Å²) < 4.78 is 5.34. The predicted octanol–water partition coefficient (Wildman–Crippen LogP) is 4.44. The van der Waals surface area contributed by atoms with Crippen LogP contribution >= 0.6 is 0 Å². The number of carbonyl (C=O) groups is 1. The van der Waals surface area contributed by atoms with E-state index in [-0.39, 0.29) is 5.97 Å². The second-order valence-corrected chi connectivity index (χ2v) is 6.31. The van der Waals surface area contributed by atoms with E-state index in [1.807, 2.05) is 60.7 Å². The van der Waals surface area contributed by atoms with Gasteiger partial charge in [0.15, 0.2) is 11.7 Å². The van der Waals surface area contributed by atoms with Gasteiger partial charge < -0.3 is 9.84 Å². The number of carbonyl (C=O) groups excluding carboxylic acids is 1. The van der Waals surface area contributed by atoms with Crippen molar-refractivity contribution in [3.05, 3.63) is 71.8 Å². The van der Waals surface area contributed by atoms with Crippen LogP contribution in [0.3, 0.4) is 0 Å². The smallest absolute Gasteiger partial charge is 0.303 e. The molecule has 0 heterocycles. The maximum Gasteiger partial charge on any atom is 0.303 e. The van der Waals surface area contributed by atoms with Gasteiger partial charge in [0.25, 0.3) is 0 Å². The van der Waals surface area contributed by atoms with Gasteiger partial charge in [-0.25, -0.2) is 0 Å². The number of esters is 1. The zero-order valence-corrected chi connectivity index (χ0v) is 15.4. The molecule has 2 rings (SSSR count). The molecular formula is C23H26O3. The van der Waals surface area contributed by atoms with Crippen LogP contribution in [-0.4, -0.2) is 17.2 Å². The van der Waals surface area contributed by atoms with Crippen molar-refractivity contribution < 1.29 is 14.6 Å². The van der Waals surface area contributed by atoms with Gasteiger partial charge in [-0.3, -0.25) is 4.79 Å². The summed E-state index contributed by atoms with van der Waals surface area (Å²) >= 11 is 0. The van der Waals surface area contributed by atoms with Crippen molar-refractivity contribution in [3.63, 3.8) is 0 Å². The van der Waals surface area contributed by atoms with Gasteiger partial charge >= 0.3 is 5.97 Å². The summed E-state index contributed by atoms with van der Waals surface area (Å²) in [7, 11) is 0. The fourth-order valence-electron chi connectivity index (χ4n) is 2.80. The molecule has 1 N–H and O–H groups in total. The fourth-order valence-corrected chi connectivity index (χ4v) is 2.80. The SMILES string of the molecule is CCCCCC(C#CC(O)(c1ccccc1)c1ccccc1)OC(C)=O. The molecule has 26 heavy (non-hydrogen) atoms. The van der Waals surface area contributed by atoms with Crippen molar-refractivity contribution >= 4 is 5.97 Å². The largest absolute Gasteiger partial charge is 0.449 e. The van der Waals surface area contributed by atoms with E-state index < -0.39 is 11.7 Å². The minimum absolute atomic E-state index is 0.358. The minimum atomic E-state index is -1.45. The van der Waals surface area contributed by atoms with Crippen molar-refractivity contribution in [2.24, 2.45) is 0 Å². The Labute approximate surface area is 156 Å². The Balaban J connectivity index is 2.37.